The van der Waals surface area contributed by atoms with E-state index in [1.807, 2.05) is 25.1 Å². The molecular weight excluding hydrogens is 484 g/mol. The number of benzene rings is 1. The summed E-state index contributed by atoms with van der Waals surface area (Å²) in [5, 5.41) is 28.4. The lowest BCUT2D eigenvalue weighted by Crippen LogP contribution is -2.50. The summed E-state index contributed by atoms with van der Waals surface area (Å²) in [6.07, 6.45) is -1.25. The molecule has 1 aromatic rings. The fourth-order valence-electron chi connectivity index (χ4n) is 4.21. The molecule has 11 heteroatoms. The molecule has 0 aliphatic carbocycles. The second kappa shape index (κ2) is 13.6. The van der Waals surface area contributed by atoms with Crippen LogP contribution in [0.2, 0.25) is 0 Å². The van der Waals surface area contributed by atoms with Crippen LogP contribution in [0.15, 0.2) is 24.3 Å². The lowest BCUT2D eigenvalue weighted by molar-refractivity contribution is -0.172. The first-order chi connectivity index (χ1) is 16.1. The van der Waals surface area contributed by atoms with Crippen LogP contribution in [0, 0.1) is 24.7 Å². The number of carboxylic acids is 3. The highest BCUT2D eigenvalue weighted by Gasteiger charge is 2.48. The summed E-state index contributed by atoms with van der Waals surface area (Å²) in [6.45, 7) is 3.00. The number of ether oxygens (including phenoxy) is 2. The Hall–Kier alpha value is -2.24. The van der Waals surface area contributed by atoms with Crippen LogP contribution in [0.25, 0.3) is 0 Å². The van der Waals surface area contributed by atoms with Gasteiger partial charge in [-0.3, -0.25) is 19.2 Å². The van der Waals surface area contributed by atoms with Crippen molar-refractivity contribution in [2.75, 3.05) is 12.4 Å². The standard InChI is InChI=1S/C23H30O9S2/c1-13-4-3-5-15(8-13)6-7-33-34-23-18(11-22(29)30)16(9-20(25)26)17(10-21(27)28)19(32-23)12-31-14(2)24/h3-5,8,16-19,23H,6-7,9-12H2,1-2H3,(H,25,26)(H,27,28)(H,29,30)/t16-,17+,18+,19-,23-/m0/s1. The summed E-state index contributed by atoms with van der Waals surface area (Å²) in [5.41, 5.74) is 1.62. The molecule has 34 heavy (non-hydrogen) atoms. The molecule has 1 fully saturated rings. The molecule has 1 heterocycles. The summed E-state index contributed by atoms with van der Waals surface area (Å²) in [6, 6.07) is 8.10. The zero-order valence-corrected chi connectivity index (χ0v) is 20.7. The molecule has 1 aliphatic rings. The van der Waals surface area contributed by atoms with Gasteiger partial charge in [0, 0.05) is 30.9 Å². The maximum Gasteiger partial charge on any atom is 0.303 e. The summed E-state index contributed by atoms with van der Waals surface area (Å²) in [4.78, 5) is 46.1. The molecule has 1 aliphatic heterocycles. The van der Waals surface area contributed by atoms with Crippen molar-refractivity contribution >= 4 is 45.5 Å². The van der Waals surface area contributed by atoms with E-state index in [1.54, 1.807) is 0 Å². The summed E-state index contributed by atoms with van der Waals surface area (Å²) >= 11 is 0. The van der Waals surface area contributed by atoms with Crippen LogP contribution in [0.3, 0.4) is 0 Å². The molecule has 0 amide bonds. The number of carboxylic acid groups (broad SMARTS) is 3. The zero-order chi connectivity index (χ0) is 25.3. The maximum absolute atomic E-state index is 11.6. The normalized spacial score (nSPS) is 24.4. The van der Waals surface area contributed by atoms with Crippen LogP contribution in [-0.4, -0.2) is 63.1 Å². The van der Waals surface area contributed by atoms with Gasteiger partial charge >= 0.3 is 23.9 Å². The molecule has 3 N–H and O–H groups in total. The zero-order valence-electron chi connectivity index (χ0n) is 19.0. The Morgan fingerprint density at radius 2 is 1.59 bits per heavy atom. The highest BCUT2D eigenvalue weighted by atomic mass is 33.1. The Morgan fingerprint density at radius 3 is 2.18 bits per heavy atom. The Bertz CT molecular complexity index is 876. The molecule has 9 nitrogen and oxygen atoms in total. The van der Waals surface area contributed by atoms with Crippen LogP contribution in [0.4, 0.5) is 0 Å². The number of hydrogen-bond acceptors (Lipinski definition) is 8. The third-order valence-corrected chi connectivity index (χ3v) is 8.27. The van der Waals surface area contributed by atoms with Gasteiger partial charge in [-0.1, -0.05) is 51.4 Å². The first kappa shape index (κ1) is 28.0. The van der Waals surface area contributed by atoms with Gasteiger partial charge in [0.15, 0.2) is 0 Å². The van der Waals surface area contributed by atoms with E-state index in [0.29, 0.717) is 5.75 Å². The molecule has 0 radical (unpaired) electrons. The van der Waals surface area contributed by atoms with Crippen molar-refractivity contribution in [3.05, 3.63) is 35.4 Å². The fourth-order valence-corrected chi connectivity index (χ4v) is 6.89. The highest BCUT2D eigenvalue weighted by molar-refractivity contribution is 8.76. The van der Waals surface area contributed by atoms with Crippen LogP contribution < -0.4 is 0 Å². The molecule has 1 saturated heterocycles. The monoisotopic (exact) mass is 514 g/mol. The minimum atomic E-state index is -1.16. The quantitative estimate of drug-likeness (QED) is 0.202. The average molecular weight is 515 g/mol. The number of aryl methyl sites for hydroxylation is 2. The fraction of sp³-hybridized carbons (Fsp3) is 0.565. The number of carbonyl (C=O) groups is 4. The first-order valence-corrected chi connectivity index (χ1v) is 13.2. The van der Waals surface area contributed by atoms with E-state index in [4.69, 9.17) is 9.47 Å². The van der Waals surface area contributed by atoms with Crippen LogP contribution in [0.5, 0.6) is 0 Å². The summed E-state index contributed by atoms with van der Waals surface area (Å²) in [7, 11) is 2.79. The molecule has 0 spiro atoms. The number of hydrogen-bond donors (Lipinski definition) is 3. The second-order valence-electron chi connectivity index (χ2n) is 8.29. The third-order valence-electron chi connectivity index (χ3n) is 5.64. The molecular formula is C23H30O9S2. The van der Waals surface area contributed by atoms with Crippen LogP contribution in [0.1, 0.15) is 37.3 Å². The van der Waals surface area contributed by atoms with E-state index in [9.17, 15) is 34.5 Å². The molecule has 2 rings (SSSR count). The lowest BCUT2D eigenvalue weighted by atomic mass is 9.72. The molecule has 188 valence electrons. The average Bonchev–Trinajstić information content (AvgIpc) is 2.72. The summed E-state index contributed by atoms with van der Waals surface area (Å²) < 4.78 is 11.2. The van der Waals surface area contributed by atoms with Gasteiger partial charge in [0.2, 0.25) is 0 Å². The number of carbonyl (C=O) groups excluding carboxylic acids is 1. The second-order valence-corrected chi connectivity index (χ2v) is 10.9. The predicted octanol–water partition coefficient (Wildman–Crippen LogP) is 3.48. The minimum absolute atomic E-state index is 0.228. The van der Waals surface area contributed by atoms with Crippen molar-refractivity contribution in [2.45, 2.75) is 51.1 Å². The number of aliphatic carboxylic acids is 3. The molecule has 5 atom stereocenters. The minimum Gasteiger partial charge on any atom is -0.481 e. The lowest BCUT2D eigenvalue weighted by Gasteiger charge is -2.45. The molecule has 0 saturated carbocycles. The van der Waals surface area contributed by atoms with Gasteiger partial charge in [-0.15, -0.1) is 0 Å². The highest BCUT2D eigenvalue weighted by Crippen LogP contribution is 2.47. The van der Waals surface area contributed by atoms with Gasteiger partial charge in [-0.2, -0.15) is 0 Å². The maximum atomic E-state index is 11.6. The molecule has 0 bridgehead atoms. The van der Waals surface area contributed by atoms with Gasteiger partial charge in [-0.05, 0) is 24.8 Å². The van der Waals surface area contributed by atoms with E-state index < -0.39 is 66.0 Å². The van der Waals surface area contributed by atoms with E-state index in [1.165, 1.54) is 28.5 Å². The van der Waals surface area contributed by atoms with Crippen molar-refractivity contribution in [3.63, 3.8) is 0 Å². The smallest absolute Gasteiger partial charge is 0.303 e. The Balaban J connectivity index is 2.21. The first-order valence-electron chi connectivity index (χ1n) is 10.8. The Kier molecular flexibility index (Phi) is 11.2. The predicted molar refractivity (Wildman–Crippen MR) is 127 cm³/mol. The van der Waals surface area contributed by atoms with Crippen LogP contribution >= 0.6 is 21.6 Å². The van der Waals surface area contributed by atoms with Crippen molar-refractivity contribution in [1.82, 2.24) is 0 Å². The Morgan fingerprint density at radius 1 is 0.971 bits per heavy atom. The van der Waals surface area contributed by atoms with Gasteiger partial charge in [-0.25, -0.2) is 0 Å². The van der Waals surface area contributed by atoms with E-state index in [0.717, 1.165) is 17.5 Å². The number of esters is 1. The third kappa shape index (κ3) is 9.19. The molecule has 1 aromatic carbocycles. The van der Waals surface area contributed by atoms with Gasteiger partial charge in [0.1, 0.15) is 12.0 Å². The summed E-state index contributed by atoms with van der Waals surface area (Å²) in [5.74, 6) is -5.60. The van der Waals surface area contributed by atoms with Gasteiger partial charge < -0.3 is 24.8 Å². The van der Waals surface area contributed by atoms with Crippen LogP contribution in [-0.2, 0) is 35.1 Å². The van der Waals surface area contributed by atoms with E-state index in [-0.39, 0.29) is 13.0 Å². The van der Waals surface area contributed by atoms with Crippen molar-refractivity contribution in [2.24, 2.45) is 17.8 Å². The molecule has 0 unspecified atom stereocenters. The van der Waals surface area contributed by atoms with Gasteiger partial charge in [0.05, 0.1) is 18.9 Å². The SMILES string of the molecule is CC(=O)OC[C@@H]1O[C@@H](SSCCc2cccc(C)c2)[C@H](CC(=O)O)[C@@H](CC(=O)O)[C@H]1CC(=O)O. The Labute approximate surface area is 206 Å². The van der Waals surface area contributed by atoms with Crippen molar-refractivity contribution in [3.8, 4) is 0 Å². The van der Waals surface area contributed by atoms with Crippen molar-refractivity contribution < 1.29 is 44.0 Å². The van der Waals surface area contributed by atoms with Crippen molar-refractivity contribution in [1.29, 1.82) is 0 Å². The number of rotatable bonds is 13. The molecule has 0 aromatic heterocycles. The van der Waals surface area contributed by atoms with E-state index in [2.05, 4.69) is 6.07 Å². The van der Waals surface area contributed by atoms with Gasteiger partial charge in [0.25, 0.3) is 0 Å². The largest absolute Gasteiger partial charge is 0.481 e. The topological polar surface area (TPSA) is 147 Å². The van der Waals surface area contributed by atoms with E-state index >= 15 is 0 Å².